The van der Waals surface area contributed by atoms with Crippen LogP contribution in [0.5, 0.6) is 11.5 Å². The van der Waals surface area contributed by atoms with E-state index in [9.17, 15) is 4.79 Å². The average molecular weight is 611 g/mol. The van der Waals surface area contributed by atoms with Crippen LogP contribution in [0.25, 0.3) is 0 Å². The molecule has 2 aromatic heterocycles. The molecule has 0 saturated heterocycles. The second-order valence-corrected chi connectivity index (χ2v) is 9.97. The van der Waals surface area contributed by atoms with E-state index < -0.39 is 0 Å². The zero-order chi connectivity index (χ0) is 30.9. The van der Waals surface area contributed by atoms with Crippen LogP contribution in [0.2, 0.25) is 5.02 Å². The first-order valence-electron chi connectivity index (χ1n) is 13.6. The van der Waals surface area contributed by atoms with Crippen molar-refractivity contribution in [2.75, 3.05) is 41.6 Å². The Morgan fingerprint density at radius 2 is 1.91 bits per heavy atom. The molecule has 1 amide bonds. The number of carbonyl (C=O) groups excluding carboxylic acids is 1. The highest BCUT2D eigenvalue weighted by atomic mass is 35.5. The van der Waals surface area contributed by atoms with E-state index in [1.54, 1.807) is 43.8 Å². The summed E-state index contributed by atoms with van der Waals surface area (Å²) in [6.07, 6.45) is 12.3. The van der Waals surface area contributed by atoms with Crippen LogP contribution in [0.15, 0.2) is 104 Å². The van der Waals surface area contributed by atoms with Crippen LogP contribution in [0.1, 0.15) is 5.69 Å². The Hall–Kier alpha value is -5.55. The number of methoxy groups -OCH3 is 1. The molecule has 0 aliphatic carbocycles. The number of pyridine rings is 1. The van der Waals surface area contributed by atoms with Gasteiger partial charge < -0.3 is 35.2 Å². The van der Waals surface area contributed by atoms with E-state index in [1.807, 2.05) is 71.9 Å². The van der Waals surface area contributed by atoms with Gasteiger partial charge in [-0.25, -0.2) is 4.98 Å². The number of ether oxygens (including phenoxy) is 2. The first-order chi connectivity index (χ1) is 21.4. The Kier molecular flexibility index (Phi) is 9.57. The molecular weight excluding hydrogens is 580 g/mol. The van der Waals surface area contributed by atoms with Gasteiger partial charge in [0.1, 0.15) is 23.9 Å². The third-order valence-electron chi connectivity index (χ3n) is 6.39. The molecule has 44 heavy (non-hydrogen) atoms. The van der Waals surface area contributed by atoms with Gasteiger partial charge in [0.15, 0.2) is 0 Å². The van der Waals surface area contributed by atoms with Crippen molar-refractivity contribution in [3.8, 4) is 11.5 Å². The van der Waals surface area contributed by atoms with Crippen LogP contribution in [-0.4, -0.2) is 46.5 Å². The van der Waals surface area contributed by atoms with Gasteiger partial charge in [0.25, 0.3) is 0 Å². The molecule has 0 radical (unpaired) electrons. The fourth-order valence-corrected chi connectivity index (χ4v) is 4.44. The fraction of sp³-hybridized carbons (Fsp3) is 0.125. The number of carbonyl (C=O) groups is 1. The van der Waals surface area contributed by atoms with Crippen molar-refractivity contribution >= 4 is 52.0 Å². The summed E-state index contributed by atoms with van der Waals surface area (Å²) in [5.74, 6) is 1.55. The van der Waals surface area contributed by atoms with Crippen molar-refractivity contribution in [3.05, 3.63) is 115 Å². The molecule has 0 spiro atoms. The summed E-state index contributed by atoms with van der Waals surface area (Å²) in [4.78, 5) is 29.5. The minimum Gasteiger partial charge on any atom is -0.494 e. The second-order valence-electron chi connectivity index (χ2n) is 9.56. The average Bonchev–Trinajstić information content (AvgIpc) is 3.25. The number of hydrogen-bond donors (Lipinski definition) is 3. The minimum atomic E-state index is -0.350. The number of rotatable bonds is 11. The monoisotopic (exact) mass is 610 g/mol. The van der Waals surface area contributed by atoms with E-state index in [4.69, 9.17) is 21.1 Å². The van der Waals surface area contributed by atoms with Gasteiger partial charge in [-0.1, -0.05) is 24.2 Å². The van der Waals surface area contributed by atoms with Gasteiger partial charge in [-0.2, -0.15) is 4.98 Å². The van der Waals surface area contributed by atoms with E-state index in [0.717, 1.165) is 12.2 Å². The molecule has 0 fully saturated rings. The predicted octanol–water partition coefficient (Wildman–Crippen LogP) is 6.46. The van der Waals surface area contributed by atoms with Crippen LogP contribution in [0.4, 0.5) is 34.5 Å². The van der Waals surface area contributed by atoms with Crippen molar-refractivity contribution in [2.45, 2.75) is 6.61 Å². The lowest BCUT2D eigenvalue weighted by molar-refractivity contribution is -0.111. The number of benzene rings is 2. The van der Waals surface area contributed by atoms with E-state index >= 15 is 0 Å². The maximum Gasteiger partial charge on any atom is 0.247 e. The molecule has 224 valence electrons. The van der Waals surface area contributed by atoms with Gasteiger partial charge >= 0.3 is 0 Å². The van der Waals surface area contributed by atoms with E-state index in [0.29, 0.717) is 57.6 Å². The molecule has 0 bridgehead atoms. The number of anilines is 6. The highest BCUT2D eigenvalue weighted by Crippen LogP contribution is 2.39. The Bertz CT molecular complexity index is 1700. The lowest BCUT2D eigenvalue weighted by atomic mass is 10.2. The molecule has 2 aromatic carbocycles. The molecule has 1 aliphatic rings. The highest BCUT2D eigenvalue weighted by molar-refractivity contribution is 6.32. The quantitative estimate of drug-likeness (QED) is 0.163. The minimum absolute atomic E-state index is 0.305. The summed E-state index contributed by atoms with van der Waals surface area (Å²) in [7, 11) is 3.55. The molecule has 0 atom stereocenters. The van der Waals surface area contributed by atoms with Gasteiger partial charge in [0.2, 0.25) is 11.9 Å². The summed E-state index contributed by atoms with van der Waals surface area (Å²) < 4.78 is 11.5. The van der Waals surface area contributed by atoms with E-state index in [2.05, 4.69) is 37.5 Å². The van der Waals surface area contributed by atoms with Crippen LogP contribution < -0.4 is 30.3 Å². The standard InChI is InChI=1S/C32H31ClN8O3/c1-4-31(42)37-25-19-26(29(43-3)20-27(25)41-15-7-14-40(2)16-17-41)38-32-35-13-11-30(39-32)36-22-9-10-28(24(33)18-22)44-21-23-8-5-6-12-34-23/h4-13,15-20H,1,14,21H2,2-3H3,(H,37,42)(H2,35,36,38,39). The second kappa shape index (κ2) is 14.1. The topological polar surface area (TPSA) is 117 Å². The number of hydrogen-bond acceptors (Lipinski definition) is 10. The third kappa shape index (κ3) is 7.64. The van der Waals surface area contributed by atoms with Gasteiger partial charge in [-0.15, -0.1) is 0 Å². The summed E-state index contributed by atoms with van der Waals surface area (Å²) in [6.45, 7) is 4.63. The largest absolute Gasteiger partial charge is 0.494 e. The molecule has 5 rings (SSSR count). The van der Waals surface area contributed by atoms with Crippen molar-refractivity contribution in [1.82, 2.24) is 19.9 Å². The summed E-state index contributed by atoms with van der Waals surface area (Å²) in [5.41, 5.74) is 3.30. The normalized spacial score (nSPS) is 12.3. The molecule has 4 aromatic rings. The Balaban J connectivity index is 1.35. The maximum atomic E-state index is 12.3. The van der Waals surface area contributed by atoms with Gasteiger partial charge in [-0.05, 0) is 54.6 Å². The van der Waals surface area contributed by atoms with Crippen molar-refractivity contribution < 1.29 is 14.3 Å². The summed E-state index contributed by atoms with van der Waals surface area (Å²) in [6, 6.07) is 16.3. The van der Waals surface area contributed by atoms with Crippen molar-refractivity contribution in [1.29, 1.82) is 0 Å². The van der Waals surface area contributed by atoms with Crippen molar-refractivity contribution in [2.24, 2.45) is 0 Å². The number of amides is 1. The number of nitrogens with one attached hydrogen (secondary N) is 3. The molecule has 0 unspecified atom stereocenters. The Morgan fingerprint density at radius 1 is 1.02 bits per heavy atom. The first kappa shape index (κ1) is 29.9. The van der Waals surface area contributed by atoms with Crippen LogP contribution in [-0.2, 0) is 11.4 Å². The molecule has 3 N–H and O–H groups in total. The highest BCUT2D eigenvalue weighted by Gasteiger charge is 2.17. The van der Waals surface area contributed by atoms with Gasteiger partial charge in [-0.3, -0.25) is 9.78 Å². The lowest BCUT2D eigenvalue weighted by Gasteiger charge is -2.22. The van der Waals surface area contributed by atoms with Crippen LogP contribution >= 0.6 is 11.6 Å². The number of halogens is 1. The summed E-state index contributed by atoms with van der Waals surface area (Å²) >= 11 is 6.49. The van der Waals surface area contributed by atoms with Crippen LogP contribution in [0, 0.1) is 0 Å². The smallest absolute Gasteiger partial charge is 0.247 e. The zero-order valence-corrected chi connectivity index (χ0v) is 25.0. The number of likely N-dealkylation sites (N-methyl/N-ethyl adjacent to an activating group) is 1. The molecule has 0 saturated carbocycles. The van der Waals surface area contributed by atoms with Crippen LogP contribution in [0.3, 0.4) is 0 Å². The van der Waals surface area contributed by atoms with Gasteiger partial charge in [0, 0.05) is 56.3 Å². The lowest BCUT2D eigenvalue weighted by Crippen LogP contribution is -2.15. The number of aromatic nitrogens is 3. The van der Waals surface area contributed by atoms with Crippen molar-refractivity contribution in [3.63, 3.8) is 0 Å². The van der Waals surface area contributed by atoms with E-state index in [1.165, 1.54) is 6.08 Å². The molecule has 3 heterocycles. The number of nitrogens with zero attached hydrogens (tertiary/aromatic N) is 5. The summed E-state index contributed by atoms with van der Waals surface area (Å²) in [5, 5.41) is 9.77. The molecule has 12 heteroatoms. The van der Waals surface area contributed by atoms with E-state index in [-0.39, 0.29) is 5.91 Å². The zero-order valence-electron chi connectivity index (χ0n) is 24.2. The molecule has 1 aliphatic heterocycles. The molecule has 11 nitrogen and oxygen atoms in total. The third-order valence-corrected chi connectivity index (χ3v) is 6.68. The SMILES string of the molecule is C=CC(=O)Nc1cc(Nc2nccc(Nc3ccc(OCc4ccccn4)c(Cl)c3)n2)c(OC)cc1N1C=CCN(C)C=C1. The van der Waals surface area contributed by atoms with Gasteiger partial charge in [0.05, 0.1) is 34.9 Å². The Labute approximate surface area is 260 Å². The first-order valence-corrected chi connectivity index (χ1v) is 14.0. The molecular formula is C32H31ClN8O3. The Morgan fingerprint density at radius 3 is 2.68 bits per heavy atom. The predicted molar refractivity (Wildman–Crippen MR) is 174 cm³/mol. The fourth-order valence-electron chi connectivity index (χ4n) is 4.20. The maximum absolute atomic E-state index is 12.3.